The van der Waals surface area contributed by atoms with Crippen LogP contribution in [0.3, 0.4) is 0 Å². The predicted octanol–water partition coefficient (Wildman–Crippen LogP) is 6.81. The molecular formula is C22H34. The zero-order valence-electron chi connectivity index (χ0n) is 14.9. The van der Waals surface area contributed by atoms with Crippen molar-refractivity contribution in [2.45, 2.75) is 72.1 Å². The van der Waals surface area contributed by atoms with Crippen LogP contribution >= 0.6 is 0 Å². The molecule has 1 aliphatic carbocycles. The molecule has 0 heteroatoms. The molecule has 0 N–H and O–H groups in total. The molecule has 3 atom stereocenters. The maximum atomic E-state index is 2.46. The molecule has 0 heterocycles. The summed E-state index contributed by atoms with van der Waals surface area (Å²) >= 11 is 0. The Morgan fingerprint density at radius 2 is 2.00 bits per heavy atom. The molecule has 0 amide bonds. The minimum atomic E-state index is 0.592. The van der Waals surface area contributed by atoms with Crippen LogP contribution in [0.1, 0.15) is 71.3 Å². The molecule has 0 nitrogen and oxygen atoms in total. The van der Waals surface area contributed by atoms with E-state index in [4.69, 9.17) is 0 Å². The summed E-state index contributed by atoms with van der Waals surface area (Å²) < 4.78 is 0. The molecule has 1 aromatic rings. The summed E-state index contributed by atoms with van der Waals surface area (Å²) in [7, 11) is 0. The summed E-state index contributed by atoms with van der Waals surface area (Å²) in [6, 6.07) is 11.0. The van der Waals surface area contributed by atoms with Gasteiger partial charge >= 0.3 is 0 Å². The first-order valence-corrected chi connectivity index (χ1v) is 9.34. The van der Waals surface area contributed by atoms with Crippen molar-refractivity contribution < 1.29 is 0 Å². The van der Waals surface area contributed by atoms with E-state index in [1.165, 1.54) is 56.9 Å². The van der Waals surface area contributed by atoms with E-state index in [1.54, 1.807) is 0 Å². The molecule has 1 aromatic carbocycles. The molecule has 122 valence electrons. The third-order valence-corrected chi connectivity index (χ3v) is 5.64. The van der Waals surface area contributed by atoms with Gasteiger partial charge in [-0.2, -0.15) is 0 Å². The van der Waals surface area contributed by atoms with E-state index < -0.39 is 0 Å². The highest BCUT2D eigenvalue weighted by Gasteiger charge is 2.30. The highest BCUT2D eigenvalue weighted by atomic mass is 14.3. The summed E-state index contributed by atoms with van der Waals surface area (Å²) in [6.45, 7) is 7.25. The summed E-state index contributed by atoms with van der Waals surface area (Å²) in [6.07, 6.45) is 15.7. The average Bonchev–Trinajstić information content (AvgIpc) is 2.51. The SMILES string of the molecule is CCC1(CCC(C)Cc2ccccc2)CCCC=CC(C)C1. The van der Waals surface area contributed by atoms with E-state index in [1.807, 2.05) is 0 Å². The molecule has 0 fully saturated rings. The molecule has 0 bridgehead atoms. The lowest BCUT2D eigenvalue weighted by molar-refractivity contribution is 0.166. The quantitative estimate of drug-likeness (QED) is 0.506. The molecule has 0 saturated heterocycles. The molecule has 0 saturated carbocycles. The molecule has 0 aromatic heterocycles. The zero-order valence-corrected chi connectivity index (χ0v) is 14.9. The van der Waals surface area contributed by atoms with Crippen molar-refractivity contribution in [3.8, 4) is 0 Å². The number of hydrogen-bond donors (Lipinski definition) is 0. The van der Waals surface area contributed by atoms with Crippen molar-refractivity contribution in [3.05, 3.63) is 48.0 Å². The monoisotopic (exact) mass is 298 g/mol. The van der Waals surface area contributed by atoms with Crippen LogP contribution in [0.4, 0.5) is 0 Å². The number of benzene rings is 1. The standard InChI is InChI=1S/C22H34/c1-4-22(15-10-6-7-11-20(3)18-22)16-14-19(2)17-21-12-8-5-9-13-21/h5,7-9,11-13,19-20H,4,6,10,14-18H2,1-3H3. The van der Waals surface area contributed by atoms with Crippen LogP contribution < -0.4 is 0 Å². The van der Waals surface area contributed by atoms with Gasteiger partial charge in [-0.05, 0) is 67.8 Å². The summed E-state index contributed by atoms with van der Waals surface area (Å²) in [5.74, 6) is 1.55. The third kappa shape index (κ3) is 5.30. The summed E-state index contributed by atoms with van der Waals surface area (Å²) in [5, 5.41) is 0. The molecule has 3 unspecified atom stereocenters. The van der Waals surface area contributed by atoms with E-state index in [0.29, 0.717) is 5.41 Å². The second-order valence-electron chi connectivity index (χ2n) is 7.69. The Kier molecular flexibility index (Phi) is 6.73. The molecule has 2 rings (SSSR count). The normalized spacial score (nSPS) is 27.1. The Balaban J connectivity index is 1.90. The van der Waals surface area contributed by atoms with Gasteiger partial charge in [-0.25, -0.2) is 0 Å². The number of rotatable bonds is 6. The summed E-state index contributed by atoms with van der Waals surface area (Å²) in [4.78, 5) is 0. The van der Waals surface area contributed by atoms with Crippen molar-refractivity contribution >= 4 is 0 Å². The van der Waals surface area contributed by atoms with Gasteiger partial charge in [-0.3, -0.25) is 0 Å². The maximum absolute atomic E-state index is 2.46. The van der Waals surface area contributed by atoms with E-state index in [9.17, 15) is 0 Å². The Morgan fingerprint density at radius 1 is 1.23 bits per heavy atom. The topological polar surface area (TPSA) is 0 Å². The fourth-order valence-electron chi connectivity index (χ4n) is 4.17. The maximum Gasteiger partial charge on any atom is -0.0253 e. The van der Waals surface area contributed by atoms with Crippen molar-refractivity contribution in [3.63, 3.8) is 0 Å². The minimum absolute atomic E-state index is 0.592. The van der Waals surface area contributed by atoms with Crippen LogP contribution in [-0.2, 0) is 6.42 Å². The van der Waals surface area contributed by atoms with Crippen LogP contribution in [0.25, 0.3) is 0 Å². The van der Waals surface area contributed by atoms with E-state index in [-0.39, 0.29) is 0 Å². The second-order valence-corrected chi connectivity index (χ2v) is 7.69. The van der Waals surface area contributed by atoms with Crippen LogP contribution in [0.5, 0.6) is 0 Å². The van der Waals surface area contributed by atoms with Crippen molar-refractivity contribution in [1.82, 2.24) is 0 Å². The first-order valence-electron chi connectivity index (χ1n) is 9.34. The third-order valence-electron chi connectivity index (χ3n) is 5.64. The lowest BCUT2D eigenvalue weighted by atomic mass is 9.69. The average molecular weight is 299 g/mol. The second kappa shape index (κ2) is 8.56. The van der Waals surface area contributed by atoms with Gasteiger partial charge in [0, 0.05) is 0 Å². The lowest BCUT2D eigenvalue weighted by Crippen LogP contribution is -2.24. The minimum Gasteiger partial charge on any atom is -0.0883 e. The Hall–Kier alpha value is -1.04. The summed E-state index contributed by atoms with van der Waals surface area (Å²) in [5.41, 5.74) is 2.09. The first-order chi connectivity index (χ1) is 10.6. The van der Waals surface area contributed by atoms with Crippen molar-refractivity contribution in [2.75, 3.05) is 0 Å². The van der Waals surface area contributed by atoms with Crippen LogP contribution in [0.15, 0.2) is 42.5 Å². The molecule has 0 spiro atoms. The van der Waals surface area contributed by atoms with Gasteiger partial charge in [-0.15, -0.1) is 0 Å². The van der Waals surface area contributed by atoms with Gasteiger partial charge in [-0.1, -0.05) is 69.7 Å². The molecular weight excluding hydrogens is 264 g/mol. The Labute approximate surface area is 138 Å². The first kappa shape index (κ1) is 17.3. The van der Waals surface area contributed by atoms with Crippen molar-refractivity contribution in [1.29, 1.82) is 0 Å². The smallest absolute Gasteiger partial charge is 0.0253 e. The lowest BCUT2D eigenvalue weighted by Gasteiger charge is -2.37. The van der Waals surface area contributed by atoms with Gasteiger partial charge in [0.2, 0.25) is 0 Å². The van der Waals surface area contributed by atoms with Crippen LogP contribution in [-0.4, -0.2) is 0 Å². The largest absolute Gasteiger partial charge is 0.0883 e. The van der Waals surface area contributed by atoms with Crippen molar-refractivity contribution in [2.24, 2.45) is 17.3 Å². The van der Waals surface area contributed by atoms with E-state index >= 15 is 0 Å². The van der Waals surface area contributed by atoms with Gasteiger partial charge in [0.15, 0.2) is 0 Å². The Bertz CT molecular complexity index is 444. The fraction of sp³-hybridized carbons (Fsp3) is 0.636. The zero-order chi connectivity index (χ0) is 15.8. The highest BCUT2D eigenvalue weighted by molar-refractivity contribution is 5.15. The van der Waals surface area contributed by atoms with E-state index in [2.05, 4.69) is 63.3 Å². The van der Waals surface area contributed by atoms with Crippen LogP contribution in [0.2, 0.25) is 0 Å². The van der Waals surface area contributed by atoms with Gasteiger partial charge in [0.05, 0.1) is 0 Å². The van der Waals surface area contributed by atoms with Gasteiger partial charge in [0.25, 0.3) is 0 Å². The molecule has 0 aliphatic heterocycles. The highest BCUT2D eigenvalue weighted by Crippen LogP contribution is 2.42. The molecule has 22 heavy (non-hydrogen) atoms. The van der Waals surface area contributed by atoms with Gasteiger partial charge < -0.3 is 0 Å². The number of allylic oxidation sites excluding steroid dienone is 2. The van der Waals surface area contributed by atoms with Gasteiger partial charge in [0.1, 0.15) is 0 Å². The number of hydrogen-bond acceptors (Lipinski definition) is 0. The van der Waals surface area contributed by atoms with Crippen LogP contribution in [0, 0.1) is 17.3 Å². The Morgan fingerprint density at radius 3 is 2.73 bits per heavy atom. The molecule has 0 radical (unpaired) electrons. The molecule has 1 aliphatic rings. The van der Waals surface area contributed by atoms with E-state index in [0.717, 1.165) is 11.8 Å². The predicted molar refractivity (Wildman–Crippen MR) is 98.0 cm³/mol. The fourth-order valence-corrected chi connectivity index (χ4v) is 4.17.